The molecule has 1 aliphatic rings. The van der Waals surface area contributed by atoms with Crippen LogP contribution < -0.4 is 4.90 Å². The molecule has 1 fully saturated rings. The molecule has 0 aliphatic carbocycles. The van der Waals surface area contributed by atoms with Crippen LogP contribution in [0.1, 0.15) is 22.5 Å². The van der Waals surface area contributed by atoms with E-state index in [2.05, 4.69) is 27.1 Å². The van der Waals surface area contributed by atoms with Crippen LogP contribution in [0, 0.1) is 12.8 Å². The van der Waals surface area contributed by atoms with Gasteiger partial charge < -0.3 is 9.64 Å². The summed E-state index contributed by atoms with van der Waals surface area (Å²) in [5, 5.41) is 4.31. The van der Waals surface area contributed by atoms with Crippen molar-refractivity contribution >= 4 is 17.3 Å². The molecule has 0 unspecified atom stereocenters. The zero-order chi connectivity index (χ0) is 17.2. The lowest BCUT2D eigenvalue weighted by Crippen LogP contribution is -2.22. The number of benzene rings is 1. The van der Waals surface area contributed by atoms with E-state index in [1.807, 2.05) is 18.2 Å². The predicted molar refractivity (Wildman–Crippen MR) is 94.8 cm³/mol. The van der Waals surface area contributed by atoms with Crippen LogP contribution in [0.5, 0.6) is 0 Å². The molecule has 0 amide bonds. The summed E-state index contributed by atoms with van der Waals surface area (Å²) in [5.41, 5.74) is 2.86. The number of nitrogens with zero attached hydrogens (tertiary/aromatic N) is 4. The second-order valence-corrected chi connectivity index (χ2v) is 6.38. The van der Waals surface area contributed by atoms with Gasteiger partial charge in [-0.15, -0.1) is 0 Å². The molecule has 128 valence electrons. The van der Waals surface area contributed by atoms with Crippen molar-refractivity contribution in [2.75, 3.05) is 24.6 Å². The van der Waals surface area contributed by atoms with Gasteiger partial charge in [0.2, 0.25) is 0 Å². The molecule has 1 saturated heterocycles. The van der Waals surface area contributed by atoms with Crippen LogP contribution in [-0.2, 0) is 4.74 Å². The van der Waals surface area contributed by atoms with Crippen molar-refractivity contribution in [2.24, 2.45) is 5.92 Å². The van der Waals surface area contributed by atoms with Crippen molar-refractivity contribution in [3.05, 3.63) is 60.0 Å². The van der Waals surface area contributed by atoms with Crippen LogP contribution in [0.15, 0.2) is 48.8 Å². The van der Waals surface area contributed by atoms with Gasteiger partial charge in [0.25, 0.3) is 0 Å². The van der Waals surface area contributed by atoms with Crippen molar-refractivity contribution in [2.45, 2.75) is 13.3 Å². The Morgan fingerprint density at radius 2 is 2.12 bits per heavy atom. The van der Waals surface area contributed by atoms with Crippen LogP contribution in [0.3, 0.4) is 0 Å². The van der Waals surface area contributed by atoms with Gasteiger partial charge >= 0.3 is 5.97 Å². The van der Waals surface area contributed by atoms with Crippen molar-refractivity contribution in [1.82, 2.24) is 14.6 Å². The highest BCUT2D eigenvalue weighted by Gasteiger charge is 2.26. The maximum atomic E-state index is 12.5. The third-order valence-electron chi connectivity index (χ3n) is 4.63. The number of hydrogen-bond acceptors (Lipinski definition) is 5. The smallest absolute Gasteiger partial charge is 0.343 e. The molecule has 0 N–H and O–H groups in total. The van der Waals surface area contributed by atoms with E-state index >= 15 is 0 Å². The highest BCUT2D eigenvalue weighted by atomic mass is 16.5. The predicted octanol–water partition coefficient (Wildman–Crippen LogP) is 2.72. The van der Waals surface area contributed by atoms with Crippen molar-refractivity contribution < 1.29 is 9.53 Å². The summed E-state index contributed by atoms with van der Waals surface area (Å²) in [5.74, 6) is 0.00335. The summed E-state index contributed by atoms with van der Waals surface area (Å²) in [6, 6.07) is 12.1. The Kier molecular flexibility index (Phi) is 4.09. The van der Waals surface area contributed by atoms with Crippen LogP contribution >= 0.6 is 0 Å². The van der Waals surface area contributed by atoms with Crippen LogP contribution in [0.2, 0.25) is 0 Å². The number of rotatable bonds is 4. The zero-order valence-electron chi connectivity index (χ0n) is 14.1. The van der Waals surface area contributed by atoms with Crippen LogP contribution in [0.4, 0.5) is 5.69 Å². The van der Waals surface area contributed by atoms with E-state index in [9.17, 15) is 4.79 Å². The minimum absolute atomic E-state index is 0.343. The lowest BCUT2D eigenvalue weighted by molar-refractivity contribution is 0.0452. The molecular weight excluding hydrogens is 316 g/mol. The minimum atomic E-state index is -0.343. The number of anilines is 1. The fourth-order valence-electron chi connectivity index (χ4n) is 3.34. The average molecular weight is 336 g/mol. The quantitative estimate of drug-likeness (QED) is 0.686. The number of carbonyl (C=O) groups is 1. The molecule has 4 rings (SSSR count). The molecule has 0 bridgehead atoms. The lowest BCUT2D eigenvalue weighted by atomic mass is 10.1. The second-order valence-electron chi connectivity index (χ2n) is 6.38. The van der Waals surface area contributed by atoms with E-state index in [-0.39, 0.29) is 5.97 Å². The van der Waals surface area contributed by atoms with Gasteiger partial charge in [0.15, 0.2) is 5.65 Å². The topological polar surface area (TPSA) is 59.7 Å². The maximum absolute atomic E-state index is 12.5. The van der Waals surface area contributed by atoms with Gasteiger partial charge in [-0.25, -0.2) is 14.3 Å². The normalized spacial score (nSPS) is 17.2. The van der Waals surface area contributed by atoms with Crippen molar-refractivity contribution in [3.8, 4) is 0 Å². The number of fused-ring (bicyclic) bond motifs is 1. The summed E-state index contributed by atoms with van der Waals surface area (Å²) >= 11 is 0. The number of esters is 1. The number of para-hydroxylation sites is 1. The average Bonchev–Trinajstić information content (AvgIpc) is 3.24. The Morgan fingerprint density at radius 1 is 1.28 bits per heavy atom. The first-order valence-electron chi connectivity index (χ1n) is 8.49. The van der Waals surface area contributed by atoms with E-state index < -0.39 is 0 Å². The Bertz CT molecular complexity index is 891. The molecule has 6 nitrogen and oxygen atoms in total. The fourth-order valence-corrected chi connectivity index (χ4v) is 3.34. The van der Waals surface area contributed by atoms with E-state index in [0.29, 0.717) is 29.4 Å². The molecule has 0 saturated carbocycles. The summed E-state index contributed by atoms with van der Waals surface area (Å²) in [4.78, 5) is 19.1. The molecule has 1 aliphatic heterocycles. The van der Waals surface area contributed by atoms with Gasteiger partial charge in [0.1, 0.15) is 5.56 Å². The minimum Gasteiger partial charge on any atom is -0.462 e. The summed E-state index contributed by atoms with van der Waals surface area (Å²) in [6.07, 6.45) is 4.46. The first-order valence-corrected chi connectivity index (χ1v) is 8.49. The van der Waals surface area contributed by atoms with Gasteiger partial charge in [0.05, 0.1) is 12.3 Å². The zero-order valence-corrected chi connectivity index (χ0v) is 14.1. The number of ether oxygens (including phenoxy) is 1. The van der Waals surface area contributed by atoms with E-state index in [4.69, 9.17) is 4.74 Å². The first-order chi connectivity index (χ1) is 12.2. The summed E-state index contributed by atoms with van der Waals surface area (Å²) < 4.78 is 7.19. The Balaban J connectivity index is 1.40. The number of aryl methyl sites for hydroxylation is 1. The molecule has 6 heteroatoms. The highest BCUT2D eigenvalue weighted by molar-refractivity contribution is 5.97. The van der Waals surface area contributed by atoms with Gasteiger partial charge in [-0.2, -0.15) is 5.10 Å². The highest BCUT2D eigenvalue weighted by Crippen LogP contribution is 2.24. The molecule has 0 radical (unpaired) electrons. The van der Waals surface area contributed by atoms with Gasteiger partial charge in [0, 0.05) is 37.1 Å². The van der Waals surface area contributed by atoms with Crippen molar-refractivity contribution in [1.29, 1.82) is 0 Å². The monoisotopic (exact) mass is 336 g/mol. The SMILES string of the molecule is Cc1nn2cccnc2c1C(=O)OC[C@@H]1CCN(c2ccccc2)C1. The van der Waals surface area contributed by atoms with E-state index in [1.165, 1.54) is 5.69 Å². The largest absolute Gasteiger partial charge is 0.462 e. The Labute approximate surface area is 146 Å². The molecule has 3 heterocycles. The summed E-state index contributed by atoms with van der Waals surface area (Å²) in [6.45, 7) is 4.12. The molecule has 1 aromatic carbocycles. The lowest BCUT2D eigenvalue weighted by Gasteiger charge is -2.18. The molecule has 2 aromatic heterocycles. The Morgan fingerprint density at radius 3 is 2.96 bits per heavy atom. The number of carbonyl (C=O) groups excluding carboxylic acids is 1. The number of hydrogen-bond donors (Lipinski definition) is 0. The standard InChI is InChI=1S/C19H20N4O2/c1-14-17(18-20-9-5-10-23(18)21-14)19(24)25-13-15-8-11-22(12-15)16-6-3-2-4-7-16/h2-7,9-10,15H,8,11-13H2,1H3/t15-/m1/s1. The fraction of sp³-hybridized carbons (Fsp3) is 0.316. The first kappa shape index (κ1) is 15.6. The van der Waals surface area contributed by atoms with Crippen LogP contribution in [-0.4, -0.2) is 40.3 Å². The molecule has 1 atom stereocenters. The van der Waals surface area contributed by atoms with Crippen LogP contribution in [0.25, 0.3) is 5.65 Å². The number of aromatic nitrogens is 3. The van der Waals surface area contributed by atoms with Gasteiger partial charge in [-0.1, -0.05) is 18.2 Å². The van der Waals surface area contributed by atoms with Gasteiger partial charge in [-0.3, -0.25) is 0 Å². The van der Waals surface area contributed by atoms with Gasteiger partial charge in [-0.05, 0) is 31.5 Å². The van der Waals surface area contributed by atoms with E-state index in [0.717, 1.165) is 19.5 Å². The second kappa shape index (κ2) is 6.55. The molecule has 25 heavy (non-hydrogen) atoms. The molecular formula is C19H20N4O2. The molecule has 3 aromatic rings. The third kappa shape index (κ3) is 3.07. The third-order valence-corrected chi connectivity index (χ3v) is 4.63. The van der Waals surface area contributed by atoms with E-state index in [1.54, 1.807) is 29.9 Å². The van der Waals surface area contributed by atoms with Crippen molar-refractivity contribution in [3.63, 3.8) is 0 Å². The Hall–Kier alpha value is -2.89. The molecule has 0 spiro atoms. The summed E-state index contributed by atoms with van der Waals surface area (Å²) in [7, 11) is 0. The maximum Gasteiger partial charge on any atom is 0.343 e.